The third-order valence-electron chi connectivity index (χ3n) is 2.82. The fourth-order valence-electron chi connectivity index (χ4n) is 1.81. The molecule has 5 N–H and O–H groups in total. The second-order valence-electron chi connectivity index (χ2n) is 5.20. The van der Waals surface area contributed by atoms with Gasteiger partial charge in [0.05, 0.1) is 12.3 Å². The number of hydrogen-bond acceptors (Lipinski definition) is 6. The van der Waals surface area contributed by atoms with Crippen LogP contribution in [0.25, 0.3) is 11.3 Å². The smallest absolute Gasteiger partial charge is 0.283 e. The first kappa shape index (κ1) is 15.7. The lowest BCUT2D eigenvalue weighted by Crippen LogP contribution is -2.31. The van der Waals surface area contributed by atoms with E-state index in [2.05, 4.69) is 23.8 Å². The third kappa shape index (κ3) is 3.92. The molecule has 1 amide bonds. The Morgan fingerprint density at radius 1 is 1.32 bits per heavy atom. The molecule has 2 aromatic rings. The zero-order valence-corrected chi connectivity index (χ0v) is 12.5. The van der Waals surface area contributed by atoms with E-state index in [1.54, 1.807) is 0 Å². The Labute approximate surface area is 128 Å². The van der Waals surface area contributed by atoms with Crippen molar-refractivity contribution in [2.24, 2.45) is 11.8 Å². The molecule has 0 bridgehead atoms. The Bertz CT molecular complexity index is 673. The van der Waals surface area contributed by atoms with E-state index < -0.39 is 5.91 Å². The summed E-state index contributed by atoms with van der Waals surface area (Å²) < 4.78 is 5.68. The highest BCUT2D eigenvalue weighted by atomic mass is 16.5. The predicted molar refractivity (Wildman–Crippen MR) is 83.9 cm³/mol. The van der Waals surface area contributed by atoms with Crippen molar-refractivity contribution in [1.82, 2.24) is 15.4 Å². The maximum atomic E-state index is 11.6. The molecule has 22 heavy (non-hydrogen) atoms. The topological polar surface area (TPSA) is 116 Å². The summed E-state index contributed by atoms with van der Waals surface area (Å²) in [6.45, 7) is 4.77. The number of carbonyl (C=O) groups excluding carboxylic acids is 1. The van der Waals surface area contributed by atoms with Gasteiger partial charge >= 0.3 is 0 Å². The van der Waals surface area contributed by atoms with Gasteiger partial charge in [-0.3, -0.25) is 10.2 Å². The maximum absolute atomic E-state index is 11.6. The fraction of sp³-hybridized carbons (Fsp3) is 0.267. The van der Waals surface area contributed by atoms with E-state index in [4.69, 9.17) is 16.3 Å². The Kier molecular flexibility index (Phi) is 4.90. The van der Waals surface area contributed by atoms with Gasteiger partial charge in [-0.2, -0.15) is 0 Å². The van der Waals surface area contributed by atoms with Crippen LogP contribution in [0.3, 0.4) is 0 Å². The van der Waals surface area contributed by atoms with Gasteiger partial charge in [-0.25, -0.2) is 15.8 Å². The van der Waals surface area contributed by atoms with E-state index in [0.29, 0.717) is 18.2 Å². The average Bonchev–Trinajstić information content (AvgIpc) is 2.51. The number of hydrazine groups is 1. The maximum Gasteiger partial charge on any atom is 0.283 e. The molecule has 0 unspecified atom stereocenters. The van der Waals surface area contributed by atoms with Crippen LogP contribution in [0.15, 0.2) is 30.3 Å². The van der Waals surface area contributed by atoms with Crippen molar-refractivity contribution in [3.8, 4) is 17.0 Å². The molecule has 1 heterocycles. The molecule has 0 aliphatic rings. The number of aromatic nitrogens is 2. The van der Waals surface area contributed by atoms with Crippen molar-refractivity contribution in [1.29, 1.82) is 0 Å². The van der Waals surface area contributed by atoms with Gasteiger partial charge in [0.1, 0.15) is 11.4 Å². The lowest BCUT2D eigenvalue weighted by atomic mass is 10.1. The number of nitrogens with two attached hydrogens (primary N) is 2. The summed E-state index contributed by atoms with van der Waals surface area (Å²) in [7, 11) is 0. The van der Waals surface area contributed by atoms with Crippen LogP contribution < -0.4 is 21.7 Å². The molecule has 0 fully saturated rings. The number of benzene rings is 1. The van der Waals surface area contributed by atoms with E-state index in [1.165, 1.54) is 6.07 Å². The van der Waals surface area contributed by atoms with Crippen LogP contribution in [0.1, 0.15) is 24.3 Å². The van der Waals surface area contributed by atoms with Crippen molar-refractivity contribution in [2.75, 3.05) is 12.3 Å². The summed E-state index contributed by atoms with van der Waals surface area (Å²) in [4.78, 5) is 19.6. The molecule has 7 nitrogen and oxygen atoms in total. The fourth-order valence-corrected chi connectivity index (χ4v) is 1.81. The van der Waals surface area contributed by atoms with Crippen molar-refractivity contribution in [3.05, 3.63) is 36.0 Å². The number of hydrogen-bond donors (Lipinski definition) is 3. The van der Waals surface area contributed by atoms with Crippen molar-refractivity contribution in [2.45, 2.75) is 13.8 Å². The molecule has 1 aromatic heterocycles. The summed E-state index contributed by atoms with van der Waals surface area (Å²) >= 11 is 0. The van der Waals surface area contributed by atoms with Crippen LogP contribution in [0, 0.1) is 5.92 Å². The predicted octanol–water partition coefficient (Wildman–Crippen LogP) is 1.36. The Hall–Kier alpha value is -2.67. The summed E-state index contributed by atoms with van der Waals surface area (Å²) in [6, 6.07) is 8.94. The number of nitrogens with zero attached hydrogens (tertiary/aromatic N) is 2. The number of nitrogens with one attached hydrogen (secondary N) is 1. The van der Waals surface area contributed by atoms with Crippen LogP contribution in [0.2, 0.25) is 0 Å². The average molecular weight is 301 g/mol. The molecule has 0 atom stereocenters. The SMILES string of the molecule is CC(C)COc1cccc(-c2cc(C(=O)NN)nc(N)n2)c1. The molecular weight excluding hydrogens is 282 g/mol. The van der Waals surface area contributed by atoms with Crippen LogP contribution in [0.5, 0.6) is 5.75 Å². The van der Waals surface area contributed by atoms with Gasteiger partial charge in [0, 0.05) is 5.56 Å². The summed E-state index contributed by atoms with van der Waals surface area (Å²) in [5.41, 5.74) is 9.09. The van der Waals surface area contributed by atoms with Gasteiger partial charge in [0.25, 0.3) is 5.91 Å². The summed E-state index contributed by atoms with van der Waals surface area (Å²) in [6.07, 6.45) is 0. The lowest BCUT2D eigenvalue weighted by Gasteiger charge is -2.10. The molecule has 0 aliphatic carbocycles. The number of ether oxygens (including phenoxy) is 1. The highest BCUT2D eigenvalue weighted by Gasteiger charge is 2.11. The van der Waals surface area contributed by atoms with E-state index in [1.807, 2.05) is 29.7 Å². The Morgan fingerprint density at radius 3 is 2.77 bits per heavy atom. The van der Waals surface area contributed by atoms with Gasteiger partial charge in [-0.15, -0.1) is 0 Å². The van der Waals surface area contributed by atoms with Gasteiger partial charge < -0.3 is 10.5 Å². The number of anilines is 1. The minimum Gasteiger partial charge on any atom is -0.493 e. The van der Waals surface area contributed by atoms with Gasteiger partial charge in [-0.1, -0.05) is 26.0 Å². The molecule has 116 valence electrons. The Balaban J connectivity index is 2.33. The van der Waals surface area contributed by atoms with Crippen LogP contribution in [0.4, 0.5) is 5.95 Å². The summed E-state index contributed by atoms with van der Waals surface area (Å²) in [5, 5.41) is 0. The molecule has 1 aromatic carbocycles. The molecule has 2 rings (SSSR count). The monoisotopic (exact) mass is 301 g/mol. The molecule has 0 radical (unpaired) electrons. The molecule has 0 aliphatic heterocycles. The quantitative estimate of drug-likeness (QED) is 0.436. The van der Waals surface area contributed by atoms with Gasteiger partial charge in [-0.05, 0) is 24.1 Å². The van der Waals surface area contributed by atoms with Gasteiger partial charge in [0.15, 0.2) is 0 Å². The van der Waals surface area contributed by atoms with Crippen LogP contribution >= 0.6 is 0 Å². The van der Waals surface area contributed by atoms with E-state index in [-0.39, 0.29) is 11.6 Å². The van der Waals surface area contributed by atoms with Crippen molar-refractivity contribution in [3.63, 3.8) is 0 Å². The van der Waals surface area contributed by atoms with Crippen molar-refractivity contribution >= 4 is 11.9 Å². The Morgan fingerprint density at radius 2 is 2.09 bits per heavy atom. The third-order valence-corrected chi connectivity index (χ3v) is 2.82. The number of rotatable bonds is 5. The number of amides is 1. The normalized spacial score (nSPS) is 10.5. The second-order valence-corrected chi connectivity index (χ2v) is 5.20. The largest absolute Gasteiger partial charge is 0.493 e. The first-order chi connectivity index (χ1) is 10.5. The lowest BCUT2D eigenvalue weighted by molar-refractivity contribution is 0.0948. The first-order valence-electron chi connectivity index (χ1n) is 6.88. The second kappa shape index (κ2) is 6.86. The summed E-state index contributed by atoms with van der Waals surface area (Å²) in [5.74, 6) is 5.75. The zero-order chi connectivity index (χ0) is 16.1. The van der Waals surface area contributed by atoms with E-state index in [9.17, 15) is 4.79 Å². The molecule has 0 saturated carbocycles. The minimum atomic E-state index is -0.525. The molecular formula is C15H19N5O2. The zero-order valence-electron chi connectivity index (χ0n) is 12.5. The van der Waals surface area contributed by atoms with E-state index in [0.717, 1.165) is 11.3 Å². The highest BCUT2D eigenvalue weighted by Crippen LogP contribution is 2.23. The molecule has 0 spiro atoms. The van der Waals surface area contributed by atoms with Crippen LogP contribution in [-0.2, 0) is 0 Å². The van der Waals surface area contributed by atoms with Crippen molar-refractivity contribution < 1.29 is 9.53 Å². The minimum absolute atomic E-state index is 0.00426. The number of carbonyl (C=O) groups is 1. The molecule has 7 heteroatoms. The van der Waals surface area contributed by atoms with Gasteiger partial charge in [0.2, 0.25) is 5.95 Å². The molecule has 0 saturated heterocycles. The van der Waals surface area contributed by atoms with E-state index >= 15 is 0 Å². The highest BCUT2D eigenvalue weighted by molar-refractivity contribution is 5.93. The number of nitrogen functional groups attached to an aromatic ring is 2. The standard InChI is InChI=1S/C15H19N5O2/c1-9(2)8-22-11-5-3-4-10(6-11)12-7-13(14(21)20-17)19-15(16)18-12/h3-7,9H,8,17H2,1-2H3,(H,20,21)(H2,16,18,19). The van der Waals surface area contributed by atoms with Crippen LogP contribution in [-0.4, -0.2) is 22.5 Å². The first-order valence-corrected chi connectivity index (χ1v) is 6.88.